The van der Waals surface area contributed by atoms with Gasteiger partial charge in [0.2, 0.25) is 0 Å². The van der Waals surface area contributed by atoms with E-state index in [1.165, 1.54) is 0 Å². The molecule has 0 fully saturated rings. The van der Waals surface area contributed by atoms with E-state index in [9.17, 15) is 0 Å². The monoisotopic (exact) mass is 150 g/mol. The van der Waals surface area contributed by atoms with Crippen molar-refractivity contribution in [3.05, 3.63) is 24.3 Å². The molecule has 1 aliphatic rings. The van der Waals surface area contributed by atoms with Crippen LogP contribution in [-0.4, -0.2) is 6.23 Å². The summed E-state index contributed by atoms with van der Waals surface area (Å²) in [6.45, 7) is 1.92. The Kier molecular flexibility index (Phi) is 1.26. The average molecular weight is 150 g/mol. The normalized spacial score (nSPS) is 21.3. The summed E-state index contributed by atoms with van der Waals surface area (Å²) in [4.78, 5) is 0. The summed E-state index contributed by atoms with van der Waals surface area (Å²) in [5.74, 6) is 6.56. The van der Waals surface area contributed by atoms with Crippen LogP contribution in [0.25, 0.3) is 0 Å². The van der Waals surface area contributed by atoms with Crippen molar-refractivity contribution in [1.29, 1.82) is 0 Å². The molecule has 0 bridgehead atoms. The SMILES string of the molecule is CC1Oc2ccccc2N1N. The van der Waals surface area contributed by atoms with Crippen LogP contribution in [0.15, 0.2) is 24.3 Å². The molecule has 1 heterocycles. The number of hydrogen-bond donors (Lipinski definition) is 1. The van der Waals surface area contributed by atoms with Crippen LogP contribution in [0.5, 0.6) is 5.75 Å². The van der Waals surface area contributed by atoms with Crippen molar-refractivity contribution in [2.24, 2.45) is 5.84 Å². The van der Waals surface area contributed by atoms with Crippen molar-refractivity contribution in [3.8, 4) is 5.75 Å². The quantitative estimate of drug-likeness (QED) is 0.563. The van der Waals surface area contributed by atoms with Gasteiger partial charge in [-0.25, -0.2) is 5.84 Å². The maximum absolute atomic E-state index is 5.70. The summed E-state index contributed by atoms with van der Waals surface area (Å²) in [6, 6.07) is 7.74. The number of nitrogens with two attached hydrogens (primary N) is 1. The standard InChI is InChI=1S/C8H10N2O/c1-6-10(9)7-4-2-3-5-8(7)11-6/h2-6H,9H2,1H3. The van der Waals surface area contributed by atoms with E-state index in [1.807, 2.05) is 31.2 Å². The number of nitrogens with zero attached hydrogens (tertiary/aromatic N) is 1. The van der Waals surface area contributed by atoms with Gasteiger partial charge in [-0.1, -0.05) is 12.1 Å². The summed E-state index contributed by atoms with van der Waals surface area (Å²) >= 11 is 0. The molecule has 2 rings (SSSR count). The number of fused-ring (bicyclic) bond motifs is 1. The Morgan fingerprint density at radius 3 is 2.91 bits per heavy atom. The molecule has 0 spiro atoms. The van der Waals surface area contributed by atoms with Crippen LogP contribution in [0.2, 0.25) is 0 Å². The number of hydrogen-bond acceptors (Lipinski definition) is 3. The molecular formula is C8H10N2O. The predicted molar refractivity (Wildman–Crippen MR) is 43.2 cm³/mol. The molecule has 1 aromatic carbocycles. The van der Waals surface area contributed by atoms with Crippen LogP contribution in [0.4, 0.5) is 5.69 Å². The van der Waals surface area contributed by atoms with Gasteiger partial charge in [0.25, 0.3) is 0 Å². The molecule has 1 aliphatic heterocycles. The molecule has 1 aromatic rings. The van der Waals surface area contributed by atoms with E-state index < -0.39 is 0 Å². The van der Waals surface area contributed by atoms with Gasteiger partial charge in [0.1, 0.15) is 5.75 Å². The van der Waals surface area contributed by atoms with Gasteiger partial charge >= 0.3 is 0 Å². The fourth-order valence-corrected chi connectivity index (χ4v) is 1.21. The maximum Gasteiger partial charge on any atom is 0.182 e. The minimum Gasteiger partial charge on any atom is -0.467 e. The van der Waals surface area contributed by atoms with E-state index in [0.717, 1.165) is 11.4 Å². The fraction of sp³-hybridized carbons (Fsp3) is 0.250. The van der Waals surface area contributed by atoms with E-state index in [2.05, 4.69) is 0 Å². The molecule has 3 nitrogen and oxygen atoms in total. The minimum absolute atomic E-state index is 0.0487. The smallest absolute Gasteiger partial charge is 0.182 e. The van der Waals surface area contributed by atoms with Gasteiger partial charge in [0.05, 0.1) is 5.69 Å². The zero-order valence-corrected chi connectivity index (χ0v) is 6.32. The first-order valence-electron chi connectivity index (χ1n) is 3.58. The Morgan fingerprint density at radius 1 is 1.45 bits per heavy atom. The molecule has 2 N–H and O–H groups in total. The van der Waals surface area contributed by atoms with Crippen LogP contribution < -0.4 is 15.6 Å². The highest BCUT2D eigenvalue weighted by Gasteiger charge is 2.23. The summed E-state index contributed by atoms with van der Waals surface area (Å²) in [5.41, 5.74) is 0.958. The predicted octanol–water partition coefficient (Wildman–Crippen LogP) is 1.11. The third-order valence-corrected chi connectivity index (χ3v) is 1.83. The number of anilines is 1. The number of hydrazine groups is 1. The van der Waals surface area contributed by atoms with Crippen molar-refractivity contribution in [3.63, 3.8) is 0 Å². The maximum atomic E-state index is 5.70. The minimum atomic E-state index is -0.0487. The molecule has 0 radical (unpaired) electrons. The van der Waals surface area contributed by atoms with E-state index in [0.29, 0.717) is 0 Å². The lowest BCUT2D eigenvalue weighted by molar-refractivity contribution is 0.245. The zero-order chi connectivity index (χ0) is 7.84. The summed E-state index contributed by atoms with van der Waals surface area (Å²) in [6.07, 6.45) is -0.0487. The van der Waals surface area contributed by atoms with Gasteiger partial charge in [-0.15, -0.1) is 0 Å². The first-order chi connectivity index (χ1) is 5.29. The van der Waals surface area contributed by atoms with E-state index in [-0.39, 0.29) is 6.23 Å². The third-order valence-electron chi connectivity index (χ3n) is 1.83. The van der Waals surface area contributed by atoms with E-state index in [1.54, 1.807) is 5.01 Å². The van der Waals surface area contributed by atoms with Crippen LogP contribution in [0, 0.1) is 0 Å². The highest BCUT2D eigenvalue weighted by Crippen LogP contribution is 2.33. The van der Waals surface area contributed by atoms with E-state index in [4.69, 9.17) is 10.6 Å². The fourth-order valence-electron chi connectivity index (χ4n) is 1.21. The number of benzene rings is 1. The first-order valence-corrected chi connectivity index (χ1v) is 3.58. The average Bonchev–Trinajstić information content (AvgIpc) is 2.30. The Hall–Kier alpha value is -1.22. The second-order valence-corrected chi connectivity index (χ2v) is 2.59. The molecule has 3 heteroatoms. The second kappa shape index (κ2) is 2.13. The van der Waals surface area contributed by atoms with Gasteiger partial charge in [-0.2, -0.15) is 0 Å². The van der Waals surface area contributed by atoms with Crippen molar-refractivity contribution in [2.45, 2.75) is 13.2 Å². The van der Waals surface area contributed by atoms with Crippen molar-refractivity contribution in [2.75, 3.05) is 5.01 Å². The van der Waals surface area contributed by atoms with Crippen molar-refractivity contribution < 1.29 is 4.74 Å². The third kappa shape index (κ3) is 0.851. The summed E-state index contributed by atoms with van der Waals surface area (Å²) in [7, 11) is 0. The zero-order valence-electron chi connectivity index (χ0n) is 6.32. The van der Waals surface area contributed by atoms with Crippen molar-refractivity contribution >= 4 is 5.69 Å². The molecule has 58 valence electrons. The number of ether oxygens (including phenoxy) is 1. The Balaban J connectivity index is 2.47. The summed E-state index contributed by atoms with van der Waals surface area (Å²) < 4.78 is 5.42. The topological polar surface area (TPSA) is 38.5 Å². The van der Waals surface area contributed by atoms with Crippen LogP contribution in [0.1, 0.15) is 6.92 Å². The molecule has 0 aliphatic carbocycles. The highest BCUT2D eigenvalue weighted by atomic mass is 16.5. The van der Waals surface area contributed by atoms with Gasteiger partial charge in [-0.3, -0.25) is 5.01 Å². The lowest BCUT2D eigenvalue weighted by atomic mass is 10.3. The van der Waals surface area contributed by atoms with Crippen LogP contribution in [-0.2, 0) is 0 Å². The molecule has 0 saturated heterocycles. The van der Waals surface area contributed by atoms with Crippen LogP contribution in [0.3, 0.4) is 0 Å². The molecule has 11 heavy (non-hydrogen) atoms. The van der Waals surface area contributed by atoms with Gasteiger partial charge in [0.15, 0.2) is 6.23 Å². The van der Waals surface area contributed by atoms with Gasteiger partial charge in [0, 0.05) is 0 Å². The number of rotatable bonds is 0. The van der Waals surface area contributed by atoms with Gasteiger partial charge in [-0.05, 0) is 19.1 Å². The molecule has 0 saturated carbocycles. The lowest BCUT2D eigenvalue weighted by Crippen LogP contribution is -2.37. The molecule has 0 amide bonds. The molecule has 1 unspecified atom stereocenters. The molecule has 1 atom stereocenters. The second-order valence-electron chi connectivity index (χ2n) is 2.59. The molecular weight excluding hydrogens is 140 g/mol. The van der Waals surface area contributed by atoms with Crippen molar-refractivity contribution in [1.82, 2.24) is 0 Å². The Morgan fingerprint density at radius 2 is 2.18 bits per heavy atom. The Labute approximate surface area is 65.3 Å². The summed E-state index contributed by atoms with van der Waals surface area (Å²) in [5, 5.41) is 1.62. The molecule has 0 aromatic heterocycles. The largest absolute Gasteiger partial charge is 0.467 e. The number of para-hydroxylation sites is 2. The van der Waals surface area contributed by atoms with E-state index >= 15 is 0 Å². The first kappa shape index (κ1) is 6.49. The highest BCUT2D eigenvalue weighted by molar-refractivity contribution is 5.60. The van der Waals surface area contributed by atoms with Gasteiger partial charge < -0.3 is 4.74 Å². The Bertz CT molecular complexity index is 275. The lowest BCUT2D eigenvalue weighted by Gasteiger charge is -2.14. The van der Waals surface area contributed by atoms with Crippen LogP contribution >= 0.6 is 0 Å².